The number of esters is 1. The van der Waals surface area contributed by atoms with Crippen LogP contribution in [-0.4, -0.2) is 31.7 Å². The van der Waals surface area contributed by atoms with Gasteiger partial charge >= 0.3 is 12.6 Å². The van der Waals surface area contributed by atoms with Gasteiger partial charge in [0.15, 0.2) is 6.10 Å². The summed E-state index contributed by atoms with van der Waals surface area (Å²) in [5, 5.41) is 2.62. The minimum atomic E-state index is -2.90. The highest BCUT2D eigenvalue weighted by atomic mass is 19.3. The first-order chi connectivity index (χ1) is 13.4. The topological polar surface area (TPSA) is 73.9 Å². The summed E-state index contributed by atoms with van der Waals surface area (Å²) in [6.45, 7) is -1.46. The van der Waals surface area contributed by atoms with Gasteiger partial charge in [-0.1, -0.05) is 18.2 Å². The molecule has 1 amide bonds. The molecule has 0 aliphatic rings. The standard InChI is InChI=1S/C20H19F2NO5/c1-13(19(25)23-15-4-3-5-17(12-15)26-2)27-18(24)11-8-14-6-9-16(10-7-14)28-20(21)22/h3-13,20H,1-2H3,(H,23,25)/b11-8+/t13-/m1/s1. The van der Waals surface area contributed by atoms with E-state index in [4.69, 9.17) is 9.47 Å². The van der Waals surface area contributed by atoms with Gasteiger partial charge in [-0.05, 0) is 42.8 Å². The highest BCUT2D eigenvalue weighted by molar-refractivity contribution is 5.96. The van der Waals surface area contributed by atoms with Crippen molar-refractivity contribution in [1.82, 2.24) is 0 Å². The van der Waals surface area contributed by atoms with Crippen LogP contribution in [0, 0.1) is 0 Å². The summed E-state index contributed by atoms with van der Waals surface area (Å²) < 4.78 is 38.6. The SMILES string of the molecule is COc1cccc(NC(=O)[C@@H](C)OC(=O)/C=C/c2ccc(OC(F)F)cc2)c1. The van der Waals surface area contributed by atoms with E-state index in [0.29, 0.717) is 17.0 Å². The third kappa shape index (κ3) is 6.71. The summed E-state index contributed by atoms with van der Waals surface area (Å²) in [4.78, 5) is 24.0. The van der Waals surface area contributed by atoms with E-state index < -0.39 is 24.6 Å². The largest absolute Gasteiger partial charge is 0.497 e. The van der Waals surface area contributed by atoms with Crippen LogP contribution in [0.5, 0.6) is 11.5 Å². The summed E-state index contributed by atoms with van der Waals surface area (Å²) in [7, 11) is 1.51. The average Bonchev–Trinajstić information content (AvgIpc) is 2.67. The zero-order valence-electron chi connectivity index (χ0n) is 15.2. The minimum Gasteiger partial charge on any atom is -0.497 e. The molecule has 0 radical (unpaired) electrons. The first-order valence-corrected chi connectivity index (χ1v) is 8.26. The predicted molar refractivity (Wildman–Crippen MR) is 99.3 cm³/mol. The lowest BCUT2D eigenvalue weighted by Crippen LogP contribution is -2.29. The summed E-state index contributed by atoms with van der Waals surface area (Å²) in [5.41, 5.74) is 1.08. The van der Waals surface area contributed by atoms with Crippen LogP contribution in [0.4, 0.5) is 14.5 Å². The fraction of sp³-hybridized carbons (Fsp3) is 0.200. The maximum absolute atomic E-state index is 12.1. The first-order valence-electron chi connectivity index (χ1n) is 8.26. The van der Waals surface area contributed by atoms with Crippen molar-refractivity contribution in [3.05, 3.63) is 60.2 Å². The van der Waals surface area contributed by atoms with Crippen molar-refractivity contribution in [2.45, 2.75) is 19.6 Å². The fourth-order valence-corrected chi connectivity index (χ4v) is 2.14. The average molecular weight is 391 g/mol. The van der Waals surface area contributed by atoms with E-state index in [0.717, 1.165) is 6.08 Å². The third-order valence-corrected chi connectivity index (χ3v) is 3.52. The second kappa shape index (κ2) is 10.1. The quantitative estimate of drug-likeness (QED) is 0.546. The lowest BCUT2D eigenvalue weighted by atomic mass is 10.2. The Morgan fingerprint density at radius 1 is 1.07 bits per heavy atom. The Kier molecular flexibility index (Phi) is 7.50. The molecule has 0 fully saturated rings. The Balaban J connectivity index is 1.87. The number of hydrogen-bond acceptors (Lipinski definition) is 5. The van der Waals surface area contributed by atoms with Crippen LogP contribution in [0.15, 0.2) is 54.6 Å². The molecule has 6 nitrogen and oxygen atoms in total. The molecule has 1 N–H and O–H groups in total. The van der Waals surface area contributed by atoms with Crippen molar-refractivity contribution in [1.29, 1.82) is 0 Å². The molecule has 2 rings (SSSR count). The Morgan fingerprint density at radius 2 is 1.79 bits per heavy atom. The van der Waals surface area contributed by atoms with Gasteiger partial charge in [0.25, 0.3) is 5.91 Å². The smallest absolute Gasteiger partial charge is 0.387 e. The number of carbonyl (C=O) groups excluding carboxylic acids is 2. The van der Waals surface area contributed by atoms with Crippen LogP contribution in [-0.2, 0) is 14.3 Å². The highest BCUT2D eigenvalue weighted by Crippen LogP contribution is 2.17. The second-order valence-corrected chi connectivity index (χ2v) is 5.58. The van der Waals surface area contributed by atoms with Gasteiger partial charge in [0.05, 0.1) is 7.11 Å². The molecule has 28 heavy (non-hydrogen) atoms. The molecule has 148 valence electrons. The summed E-state index contributed by atoms with van der Waals surface area (Å²) in [5.74, 6) is -0.627. The van der Waals surface area contributed by atoms with Crippen LogP contribution < -0.4 is 14.8 Å². The first kappa shape index (κ1) is 20.9. The molecule has 2 aromatic carbocycles. The molecule has 0 saturated heterocycles. The van der Waals surface area contributed by atoms with E-state index in [1.807, 2.05) is 0 Å². The van der Waals surface area contributed by atoms with E-state index in [1.165, 1.54) is 44.4 Å². The van der Waals surface area contributed by atoms with Gasteiger partial charge in [0.1, 0.15) is 11.5 Å². The number of nitrogens with one attached hydrogen (secondary N) is 1. The second-order valence-electron chi connectivity index (χ2n) is 5.58. The van der Waals surface area contributed by atoms with Gasteiger partial charge in [0, 0.05) is 17.8 Å². The number of benzene rings is 2. The van der Waals surface area contributed by atoms with Crippen molar-refractivity contribution in [3.63, 3.8) is 0 Å². The van der Waals surface area contributed by atoms with E-state index >= 15 is 0 Å². The molecule has 0 aliphatic heterocycles. The van der Waals surface area contributed by atoms with E-state index in [9.17, 15) is 18.4 Å². The third-order valence-electron chi connectivity index (χ3n) is 3.52. The summed E-state index contributed by atoms with van der Waals surface area (Å²) in [6, 6.07) is 12.5. The number of anilines is 1. The maximum atomic E-state index is 12.1. The maximum Gasteiger partial charge on any atom is 0.387 e. The van der Waals surface area contributed by atoms with E-state index in [2.05, 4.69) is 10.1 Å². The highest BCUT2D eigenvalue weighted by Gasteiger charge is 2.16. The van der Waals surface area contributed by atoms with Gasteiger partial charge < -0.3 is 19.5 Å². The van der Waals surface area contributed by atoms with Crippen molar-refractivity contribution in [3.8, 4) is 11.5 Å². The van der Waals surface area contributed by atoms with Crippen molar-refractivity contribution in [2.75, 3.05) is 12.4 Å². The number of halogens is 2. The molecule has 2 aromatic rings. The molecule has 8 heteroatoms. The number of carbonyl (C=O) groups is 2. The van der Waals surface area contributed by atoms with Gasteiger partial charge in [-0.2, -0.15) is 8.78 Å². The molecule has 0 spiro atoms. The van der Waals surface area contributed by atoms with Crippen molar-refractivity contribution >= 4 is 23.6 Å². The van der Waals surface area contributed by atoms with Gasteiger partial charge in [-0.15, -0.1) is 0 Å². The lowest BCUT2D eigenvalue weighted by Gasteiger charge is -2.13. The number of methoxy groups -OCH3 is 1. The van der Waals surface area contributed by atoms with E-state index in [1.54, 1.807) is 24.3 Å². The Hall–Kier alpha value is -3.42. The number of ether oxygens (including phenoxy) is 3. The molecule has 0 bridgehead atoms. The van der Waals surface area contributed by atoms with Crippen molar-refractivity contribution in [2.24, 2.45) is 0 Å². The molecular weight excluding hydrogens is 372 g/mol. The molecule has 0 heterocycles. The lowest BCUT2D eigenvalue weighted by molar-refractivity contribution is -0.148. The molecule has 1 atom stereocenters. The molecule has 0 aromatic heterocycles. The van der Waals surface area contributed by atoms with Crippen molar-refractivity contribution < 1.29 is 32.6 Å². The summed E-state index contributed by atoms with van der Waals surface area (Å²) in [6.07, 6.45) is 1.55. The van der Waals surface area contributed by atoms with Crippen LogP contribution >= 0.6 is 0 Å². The Labute approximate surface area is 160 Å². The Morgan fingerprint density at radius 3 is 2.43 bits per heavy atom. The molecule has 0 saturated carbocycles. The Bertz CT molecular complexity index is 837. The number of hydrogen-bond donors (Lipinski definition) is 1. The van der Waals surface area contributed by atoms with Gasteiger partial charge in [0.2, 0.25) is 0 Å². The van der Waals surface area contributed by atoms with E-state index in [-0.39, 0.29) is 5.75 Å². The molecular formula is C20H19F2NO5. The minimum absolute atomic E-state index is 0.0116. The normalized spacial score (nSPS) is 11.9. The zero-order chi connectivity index (χ0) is 20.5. The van der Waals surface area contributed by atoms with Crippen LogP contribution in [0.25, 0.3) is 6.08 Å². The van der Waals surface area contributed by atoms with Gasteiger partial charge in [-0.3, -0.25) is 4.79 Å². The fourth-order valence-electron chi connectivity index (χ4n) is 2.14. The predicted octanol–water partition coefficient (Wildman–Crippen LogP) is 3.88. The zero-order valence-corrected chi connectivity index (χ0v) is 15.2. The number of alkyl halides is 2. The number of rotatable bonds is 8. The summed E-state index contributed by atoms with van der Waals surface area (Å²) >= 11 is 0. The van der Waals surface area contributed by atoms with Crippen LogP contribution in [0.1, 0.15) is 12.5 Å². The molecule has 0 aliphatic carbocycles. The van der Waals surface area contributed by atoms with Crippen LogP contribution in [0.2, 0.25) is 0 Å². The van der Waals surface area contributed by atoms with Crippen LogP contribution in [0.3, 0.4) is 0 Å². The van der Waals surface area contributed by atoms with Gasteiger partial charge in [-0.25, -0.2) is 4.79 Å². The molecule has 0 unspecified atom stereocenters. The monoisotopic (exact) mass is 391 g/mol. The number of amides is 1.